The number of nitrogens with one attached hydrogen (secondary N) is 1. The Bertz CT molecular complexity index is 742. The first-order valence-corrected chi connectivity index (χ1v) is 7.95. The summed E-state index contributed by atoms with van der Waals surface area (Å²) in [7, 11) is -0.820. The number of sulfonamides is 1. The highest BCUT2D eigenvalue weighted by molar-refractivity contribution is 7.89. The molecule has 0 spiro atoms. The van der Waals surface area contributed by atoms with Crippen LogP contribution in [0.4, 0.5) is 0 Å². The summed E-state index contributed by atoms with van der Waals surface area (Å²) in [6.07, 6.45) is 0.304. The van der Waals surface area contributed by atoms with E-state index in [1.54, 1.807) is 13.0 Å². The molecule has 0 aliphatic rings. The highest BCUT2D eigenvalue weighted by atomic mass is 32.2. The first-order valence-electron chi connectivity index (χ1n) is 6.47. The number of benzene rings is 1. The van der Waals surface area contributed by atoms with Crippen LogP contribution in [-0.4, -0.2) is 39.4 Å². The molecule has 120 valence electrons. The molecule has 0 bridgehead atoms. The van der Waals surface area contributed by atoms with Crippen LogP contribution in [0.2, 0.25) is 0 Å². The second kappa shape index (κ2) is 6.75. The van der Waals surface area contributed by atoms with Crippen molar-refractivity contribution >= 4 is 10.0 Å². The summed E-state index contributed by atoms with van der Waals surface area (Å²) in [5.74, 6) is 1.54. The molecule has 2 rings (SSSR count). The van der Waals surface area contributed by atoms with Crippen molar-refractivity contribution in [2.45, 2.75) is 18.2 Å². The molecule has 2 aromatic rings. The predicted molar refractivity (Wildman–Crippen MR) is 77.5 cm³/mol. The number of hydrogen-bond acceptors (Lipinski definition) is 7. The maximum atomic E-state index is 12.3. The molecule has 1 aromatic heterocycles. The summed E-state index contributed by atoms with van der Waals surface area (Å²) in [4.78, 5) is 0.0394. The molecular formula is C13H17N3O5S. The molecule has 0 atom stereocenters. The van der Waals surface area contributed by atoms with E-state index in [2.05, 4.69) is 14.9 Å². The van der Waals surface area contributed by atoms with Gasteiger partial charge in [0.2, 0.25) is 21.8 Å². The SMILES string of the molecule is COc1ccc(S(=O)(=O)NCCc2nnc(C)o2)c(OC)c1. The Hall–Kier alpha value is -2.13. The Balaban J connectivity index is 2.09. The van der Waals surface area contributed by atoms with Crippen molar-refractivity contribution in [3.05, 3.63) is 30.0 Å². The third-order valence-electron chi connectivity index (χ3n) is 2.86. The highest BCUT2D eigenvalue weighted by Crippen LogP contribution is 2.28. The lowest BCUT2D eigenvalue weighted by Gasteiger charge is -2.11. The van der Waals surface area contributed by atoms with Gasteiger partial charge in [-0.2, -0.15) is 0 Å². The van der Waals surface area contributed by atoms with Gasteiger partial charge in [0.05, 0.1) is 14.2 Å². The largest absolute Gasteiger partial charge is 0.497 e. The minimum atomic E-state index is -3.71. The van der Waals surface area contributed by atoms with Crippen LogP contribution in [0.15, 0.2) is 27.5 Å². The van der Waals surface area contributed by atoms with E-state index in [0.29, 0.717) is 24.0 Å². The van der Waals surface area contributed by atoms with Crippen molar-refractivity contribution in [2.24, 2.45) is 0 Å². The maximum Gasteiger partial charge on any atom is 0.244 e. The molecule has 0 radical (unpaired) electrons. The lowest BCUT2D eigenvalue weighted by atomic mass is 10.3. The fraction of sp³-hybridized carbons (Fsp3) is 0.385. The quantitative estimate of drug-likeness (QED) is 0.806. The molecule has 9 heteroatoms. The van der Waals surface area contributed by atoms with Gasteiger partial charge in [0.25, 0.3) is 0 Å². The van der Waals surface area contributed by atoms with Crippen molar-refractivity contribution in [3.8, 4) is 11.5 Å². The number of aryl methyl sites for hydroxylation is 1. The van der Waals surface area contributed by atoms with E-state index >= 15 is 0 Å². The standard InChI is InChI=1S/C13H17N3O5S/c1-9-15-16-13(21-9)6-7-14-22(17,18)12-5-4-10(19-2)8-11(12)20-3/h4-5,8,14H,6-7H2,1-3H3. The minimum absolute atomic E-state index is 0.0394. The summed E-state index contributed by atoms with van der Waals surface area (Å²) >= 11 is 0. The Labute approximate surface area is 128 Å². The van der Waals surface area contributed by atoms with Crippen LogP contribution >= 0.6 is 0 Å². The Morgan fingerprint density at radius 2 is 2.00 bits per heavy atom. The summed E-state index contributed by atoms with van der Waals surface area (Å²) in [5.41, 5.74) is 0. The Kier molecular flexibility index (Phi) is 4.99. The van der Waals surface area contributed by atoms with E-state index in [-0.39, 0.29) is 17.2 Å². The predicted octanol–water partition coefficient (Wildman–Crippen LogP) is 0.916. The van der Waals surface area contributed by atoms with Gasteiger partial charge < -0.3 is 13.9 Å². The first kappa shape index (κ1) is 16.2. The number of hydrogen-bond donors (Lipinski definition) is 1. The second-order valence-electron chi connectivity index (χ2n) is 4.38. The molecule has 8 nitrogen and oxygen atoms in total. The van der Waals surface area contributed by atoms with Gasteiger partial charge in [-0.1, -0.05) is 0 Å². The molecule has 0 saturated heterocycles. The Morgan fingerprint density at radius 3 is 2.59 bits per heavy atom. The van der Waals surface area contributed by atoms with E-state index in [4.69, 9.17) is 13.9 Å². The third-order valence-corrected chi connectivity index (χ3v) is 4.36. The molecule has 0 fully saturated rings. The number of aromatic nitrogens is 2. The third kappa shape index (κ3) is 3.74. The van der Waals surface area contributed by atoms with Crippen molar-refractivity contribution in [2.75, 3.05) is 20.8 Å². The lowest BCUT2D eigenvalue weighted by molar-refractivity contribution is 0.386. The molecule has 0 saturated carbocycles. The normalized spacial score (nSPS) is 11.4. The first-order chi connectivity index (χ1) is 10.5. The van der Waals surface area contributed by atoms with Crippen LogP contribution in [0.3, 0.4) is 0 Å². The summed E-state index contributed by atoms with van der Waals surface area (Å²) in [5, 5.41) is 7.48. The van der Waals surface area contributed by atoms with Crippen molar-refractivity contribution < 1.29 is 22.3 Å². The smallest absolute Gasteiger partial charge is 0.244 e. The fourth-order valence-corrected chi connectivity index (χ4v) is 2.99. The monoisotopic (exact) mass is 327 g/mol. The van der Waals surface area contributed by atoms with Gasteiger partial charge >= 0.3 is 0 Å². The zero-order valence-corrected chi connectivity index (χ0v) is 13.3. The molecule has 1 N–H and O–H groups in total. The van der Waals surface area contributed by atoms with Gasteiger partial charge in [0.1, 0.15) is 16.4 Å². The van der Waals surface area contributed by atoms with Crippen LogP contribution in [0, 0.1) is 6.92 Å². The van der Waals surface area contributed by atoms with E-state index in [1.807, 2.05) is 0 Å². The van der Waals surface area contributed by atoms with Gasteiger partial charge in [-0.3, -0.25) is 0 Å². The molecule has 0 amide bonds. The highest BCUT2D eigenvalue weighted by Gasteiger charge is 2.20. The molecule has 0 aliphatic carbocycles. The molecule has 1 heterocycles. The topological polar surface area (TPSA) is 104 Å². The number of nitrogens with zero attached hydrogens (tertiary/aromatic N) is 2. The van der Waals surface area contributed by atoms with Gasteiger partial charge in [-0.05, 0) is 12.1 Å². The average molecular weight is 327 g/mol. The zero-order chi connectivity index (χ0) is 16.2. The Morgan fingerprint density at radius 1 is 1.23 bits per heavy atom. The fourth-order valence-electron chi connectivity index (χ4n) is 1.81. The molecule has 0 unspecified atom stereocenters. The summed E-state index contributed by atoms with van der Waals surface area (Å²) in [6.45, 7) is 1.81. The molecule has 0 aliphatic heterocycles. The van der Waals surface area contributed by atoms with E-state index in [0.717, 1.165) is 0 Å². The number of ether oxygens (including phenoxy) is 2. The molecular weight excluding hydrogens is 310 g/mol. The van der Waals surface area contributed by atoms with Crippen LogP contribution in [0.25, 0.3) is 0 Å². The average Bonchev–Trinajstić information content (AvgIpc) is 2.91. The van der Waals surface area contributed by atoms with Crippen molar-refractivity contribution in [1.29, 1.82) is 0 Å². The zero-order valence-electron chi connectivity index (χ0n) is 12.5. The van der Waals surface area contributed by atoms with Gasteiger partial charge in [0, 0.05) is 26.0 Å². The van der Waals surface area contributed by atoms with E-state index in [1.165, 1.54) is 26.4 Å². The van der Waals surface area contributed by atoms with Crippen LogP contribution in [0.5, 0.6) is 11.5 Å². The summed E-state index contributed by atoms with van der Waals surface area (Å²) in [6, 6.07) is 4.49. The van der Waals surface area contributed by atoms with Gasteiger partial charge in [-0.25, -0.2) is 13.1 Å². The lowest BCUT2D eigenvalue weighted by Crippen LogP contribution is -2.26. The van der Waals surface area contributed by atoms with Crippen molar-refractivity contribution in [3.63, 3.8) is 0 Å². The van der Waals surface area contributed by atoms with E-state index in [9.17, 15) is 8.42 Å². The van der Waals surface area contributed by atoms with E-state index < -0.39 is 10.0 Å². The molecule has 1 aromatic carbocycles. The number of methoxy groups -OCH3 is 2. The van der Waals surface area contributed by atoms with Gasteiger partial charge in [-0.15, -0.1) is 10.2 Å². The van der Waals surface area contributed by atoms with Gasteiger partial charge in [0.15, 0.2) is 0 Å². The number of rotatable bonds is 7. The summed E-state index contributed by atoms with van der Waals surface area (Å²) < 4.78 is 42.4. The maximum absolute atomic E-state index is 12.3. The van der Waals surface area contributed by atoms with Crippen LogP contribution < -0.4 is 14.2 Å². The molecule has 22 heavy (non-hydrogen) atoms. The van der Waals surface area contributed by atoms with Crippen LogP contribution in [0.1, 0.15) is 11.8 Å². The second-order valence-corrected chi connectivity index (χ2v) is 6.11. The van der Waals surface area contributed by atoms with Crippen LogP contribution in [-0.2, 0) is 16.4 Å². The van der Waals surface area contributed by atoms with Crippen molar-refractivity contribution in [1.82, 2.24) is 14.9 Å². The minimum Gasteiger partial charge on any atom is -0.497 e.